The molecular formula is C25H33N3O2. The average molecular weight is 408 g/mol. The molecule has 0 unspecified atom stereocenters. The molecule has 2 heterocycles. The van der Waals surface area contributed by atoms with Gasteiger partial charge in [-0.25, -0.2) is 0 Å². The molecule has 2 fully saturated rings. The zero-order valence-electron chi connectivity index (χ0n) is 17.9. The number of aromatic nitrogens is 1. The van der Waals surface area contributed by atoms with E-state index in [1.54, 1.807) is 0 Å². The van der Waals surface area contributed by atoms with E-state index in [-0.39, 0.29) is 17.9 Å². The first-order valence-electron chi connectivity index (χ1n) is 11.3. The van der Waals surface area contributed by atoms with E-state index in [4.69, 9.17) is 0 Å². The summed E-state index contributed by atoms with van der Waals surface area (Å²) in [7, 11) is 0. The van der Waals surface area contributed by atoms with Crippen LogP contribution in [0, 0.1) is 12.8 Å². The monoisotopic (exact) mass is 407 g/mol. The Morgan fingerprint density at radius 1 is 1.07 bits per heavy atom. The summed E-state index contributed by atoms with van der Waals surface area (Å²) in [5.41, 5.74) is 1.43. The van der Waals surface area contributed by atoms with E-state index in [1.165, 1.54) is 0 Å². The van der Waals surface area contributed by atoms with Crippen molar-refractivity contribution in [3.05, 3.63) is 65.5 Å². The largest absolute Gasteiger partial charge is 0.375 e. The number of rotatable bonds is 6. The van der Waals surface area contributed by atoms with Gasteiger partial charge < -0.3 is 10.4 Å². The fourth-order valence-electron chi connectivity index (χ4n) is 5.04. The molecule has 0 radical (unpaired) electrons. The summed E-state index contributed by atoms with van der Waals surface area (Å²) < 4.78 is 0. The number of piperidine rings is 1. The molecular weight excluding hydrogens is 374 g/mol. The third-order valence-electron chi connectivity index (χ3n) is 6.76. The van der Waals surface area contributed by atoms with Gasteiger partial charge in [-0.2, -0.15) is 0 Å². The maximum absolute atomic E-state index is 13.3. The Kier molecular flexibility index (Phi) is 6.49. The third-order valence-corrected chi connectivity index (χ3v) is 6.76. The van der Waals surface area contributed by atoms with Crippen molar-refractivity contribution in [1.82, 2.24) is 15.2 Å². The van der Waals surface area contributed by atoms with Crippen LogP contribution in [-0.4, -0.2) is 40.0 Å². The summed E-state index contributed by atoms with van der Waals surface area (Å²) in [4.78, 5) is 20.3. The maximum atomic E-state index is 13.3. The lowest BCUT2D eigenvalue weighted by Crippen LogP contribution is -2.54. The van der Waals surface area contributed by atoms with E-state index in [1.807, 2.05) is 43.3 Å². The van der Waals surface area contributed by atoms with Gasteiger partial charge in [0.15, 0.2) is 5.60 Å². The fourth-order valence-corrected chi connectivity index (χ4v) is 5.04. The molecule has 1 aromatic heterocycles. The minimum atomic E-state index is -1.43. The SMILES string of the molecule is Cc1cccc(CN2CCC(NC(=O)[C@](O)(c3ccccc3)C3CCCC3)CC2)n1. The standard InChI is InChI=1S/C25H33N3O2/c1-19-8-7-13-23(26-19)18-28-16-14-22(15-17-28)27-24(29)25(30,21-11-5-6-12-21)20-9-3-2-4-10-20/h2-4,7-10,13,21-22,30H,5-6,11-12,14-18H2,1H3,(H,27,29)/t25-/m0/s1. The molecule has 0 bridgehead atoms. The average Bonchev–Trinajstić information content (AvgIpc) is 3.31. The highest BCUT2D eigenvalue weighted by Gasteiger charge is 2.46. The van der Waals surface area contributed by atoms with Crippen LogP contribution >= 0.6 is 0 Å². The van der Waals surface area contributed by atoms with Crippen LogP contribution in [0.2, 0.25) is 0 Å². The molecule has 2 aliphatic rings. The van der Waals surface area contributed by atoms with Crippen molar-refractivity contribution < 1.29 is 9.90 Å². The zero-order chi connectivity index (χ0) is 21.0. The summed E-state index contributed by atoms with van der Waals surface area (Å²) in [6.07, 6.45) is 5.76. The number of amides is 1. The second kappa shape index (κ2) is 9.27. The highest BCUT2D eigenvalue weighted by molar-refractivity contribution is 5.87. The van der Waals surface area contributed by atoms with Crippen molar-refractivity contribution in [2.75, 3.05) is 13.1 Å². The molecule has 1 atom stereocenters. The molecule has 1 aliphatic heterocycles. The van der Waals surface area contributed by atoms with Gasteiger partial charge in [0, 0.05) is 37.3 Å². The number of benzene rings is 1. The molecule has 2 aromatic rings. The molecule has 1 saturated carbocycles. The Balaban J connectivity index is 1.38. The number of carbonyl (C=O) groups is 1. The lowest BCUT2D eigenvalue weighted by Gasteiger charge is -2.37. The van der Waals surface area contributed by atoms with E-state index in [0.29, 0.717) is 0 Å². The molecule has 1 saturated heterocycles. The van der Waals surface area contributed by atoms with Gasteiger partial charge in [-0.1, -0.05) is 49.2 Å². The number of carbonyl (C=O) groups excluding carboxylic acids is 1. The van der Waals surface area contributed by atoms with E-state index in [2.05, 4.69) is 27.3 Å². The lowest BCUT2D eigenvalue weighted by atomic mass is 9.79. The fraction of sp³-hybridized carbons (Fsp3) is 0.520. The molecule has 5 heteroatoms. The van der Waals surface area contributed by atoms with Gasteiger partial charge in [-0.3, -0.25) is 14.7 Å². The highest BCUT2D eigenvalue weighted by Crippen LogP contribution is 2.41. The summed E-state index contributed by atoms with van der Waals surface area (Å²) in [5, 5.41) is 14.8. The predicted octanol–water partition coefficient (Wildman–Crippen LogP) is 3.55. The Bertz CT molecular complexity index is 842. The normalized spacial score (nSPS) is 20.7. The van der Waals surface area contributed by atoms with Crippen LogP contribution in [0.5, 0.6) is 0 Å². The number of hydrogen-bond acceptors (Lipinski definition) is 4. The molecule has 0 spiro atoms. The first kappa shape index (κ1) is 21.0. The molecule has 5 nitrogen and oxygen atoms in total. The first-order valence-corrected chi connectivity index (χ1v) is 11.3. The topological polar surface area (TPSA) is 65.5 Å². The minimum Gasteiger partial charge on any atom is -0.375 e. The highest BCUT2D eigenvalue weighted by atomic mass is 16.3. The van der Waals surface area contributed by atoms with Crippen molar-refractivity contribution >= 4 is 5.91 Å². The molecule has 1 aliphatic carbocycles. The smallest absolute Gasteiger partial charge is 0.257 e. The molecule has 2 N–H and O–H groups in total. The van der Waals surface area contributed by atoms with Gasteiger partial charge in [0.1, 0.15) is 0 Å². The van der Waals surface area contributed by atoms with E-state index >= 15 is 0 Å². The number of aryl methyl sites for hydroxylation is 1. The van der Waals surface area contributed by atoms with Crippen LogP contribution in [0.25, 0.3) is 0 Å². The summed E-state index contributed by atoms with van der Waals surface area (Å²) in [6.45, 7) is 4.71. The summed E-state index contributed by atoms with van der Waals surface area (Å²) in [5.74, 6) is -0.230. The van der Waals surface area contributed by atoms with Crippen LogP contribution in [0.3, 0.4) is 0 Å². The van der Waals surface area contributed by atoms with Gasteiger partial charge in [0.05, 0.1) is 5.69 Å². The predicted molar refractivity (Wildman–Crippen MR) is 118 cm³/mol. The van der Waals surface area contributed by atoms with Gasteiger partial charge in [0.25, 0.3) is 5.91 Å². The van der Waals surface area contributed by atoms with Gasteiger partial charge in [-0.05, 0) is 50.3 Å². The number of pyridine rings is 1. The Hall–Kier alpha value is -2.24. The van der Waals surface area contributed by atoms with Crippen molar-refractivity contribution in [1.29, 1.82) is 0 Å². The molecule has 4 rings (SSSR count). The van der Waals surface area contributed by atoms with E-state index < -0.39 is 5.60 Å². The number of hydrogen-bond donors (Lipinski definition) is 2. The maximum Gasteiger partial charge on any atom is 0.257 e. The lowest BCUT2D eigenvalue weighted by molar-refractivity contribution is -0.148. The third kappa shape index (κ3) is 4.57. The quantitative estimate of drug-likeness (QED) is 0.769. The Morgan fingerprint density at radius 2 is 1.77 bits per heavy atom. The molecule has 160 valence electrons. The molecule has 30 heavy (non-hydrogen) atoms. The summed E-state index contributed by atoms with van der Waals surface area (Å²) >= 11 is 0. The van der Waals surface area contributed by atoms with Gasteiger partial charge in [-0.15, -0.1) is 0 Å². The van der Waals surface area contributed by atoms with Crippen molar-refractivity contribution in [2.24, 2.45) is 5.92 Å². The van der Waals surface area contributed by atoms with Crippen LogP contribution < -0.4 is 5.32 Å². The van der Waals surface area contributed by atoms with E-state index in [9.17, 15) is 9.90 Å². The molecule has 1 aromatic carbocycles. The van der Waals surface area contributed by atoms with Gasteiger partial charge >= 0.3 is 0 Å². The van der Waals surface area contributed by atoms with Gasteiger partial charge in [0.2, 0.25) is 0 Å². The van der Waals surface area contributed by atoms with Crippen LogP contribution in [-0.2, 0) is 16.9 Å². The Morgan fingerprint density at radius 3 is 2.43 bits per heavy atom. The van der Waals surface area contributed by atoms with Crippen molar-refractivity contribution in [3.63, 3.8) is 0 Å². The Labute approximate surface area is 179 Å². The second-order valence-corrected chi connectivity index (χ2v) is 8.91. The number of nitrogens with zero attached hydrogens (tertiary/aromatic N) is 2. The minimum absolute atomic E-state index is 0.00705. The van der Waals surface area contributed by atoms with Crippen LogP contribution in [0.1, 0.15) is 55.5 Å². The van der Waals surface area contributed by atoms with Crippen LogP contribution in [0.15, 0.2) is 48.5 Å². The van der Waals surface area contributed by atoms with Crippen molar-refractivity contribution in [2.45, 2.75) is 63.6 Å². The van der Waals surface area contributed by atoms with Crippen molar-refractivity contribution in [3.8, 4) is 0 Å². The first-order chi connectivity index (χ1) is 14.6. The number of likely N-dealkylation sites (tertiary alicyclic amines) is 1. The number of nitrogens with one attached hydrogen (secondary N) is 1. The van der Waals surface area contributed by atoms with E-state index in [0.717, 1.165) is 75.1 Å². The van der Waals surface area contributed by atoms with Crippen LogP contribution in [0.4, 0.5) is 0 Å². The summed E-state index contributed by atoms with van der Waals surface area (Å²) in [6, 6.07) is 15.8. The number of aliphatic hydroxyl groups is 1. The second-order valence-electron chi connectivity index (χ2n) is 8.91. The molecule has 1 amide bonds. The zero-order valence-corrected chi connectivity index (χ0v) is 17.9.